The van der Waals surface area contributed by atoms with Crippen LogP contribution in [0.25, 0.3) is 11.2 Å². The minimum atomic E-state index is -3.09. The molecule has 0 saturated heterocycles. The number of pyridine rings is 1. The van der Waals surface area contributed by atoms with Gasteiger partial charge in [-0.3, -0.25) is 4.79 Å². The van der Waals surface area contributed by atoms with Gasteiger partial charge in [-0.15, -0.1) is 0 Å². The smallest absolute Gasteiger partial charge is 0.257 e. The Balaban J connectivity index is 1.76. The first-order valence-electron chi connectivity index (χ1n) is 8.13. The average molecular weight is 372 g/mol. The van der Waals surface area contributed by atoms with E-state index in [0.29, 0.717) is 22.3 Å². The molecule has 0 atom stereocenters. The van der Waals surface area contributed by atoms with Gasteiger partial charge in [-0.05, 0) is 37.6 Å². The van der Waals surface area contributed by atoms with E-state index < -0.39 is 9.84 Å². The Bertz CT molecular complexity index is 1050. The molecule has 2 heterocycles. The minimum Gasteiger partial charge on any atom is -0.322 e. The zero-order chi connectivity index (χ0) is 18.9. The maximum absolute atomic E-state index is 12.4. The summed E-state index contributed by atoms with van der Waals surface area (Å²) in [4.78, 5) is 21.1. The molecule has 0 aliphatic heterocycles. The molecular formula is C18H20N4O3S. The lowest BCUT2D eigenvalue weighted by molar-refractivity contribution is 0.102. The van der Waals surface area contributed by atoms with Crippen LogP contribution in [0.3, 0.4) is 0 Å². The molecule has 0 saturated carbocycles. The van der Waals surface area contributed by atoms with Crippen molar-refractivity contribution >= 4 is 32.6 Å². The largest absolute Gasteiger partial charge is 0.322 e. The van der Waals surface area contributed by atoms with Crippen LogP contribution < -0.4 is 5.32 Å². The highest BCUT2D eigenvalue weighted by Crippen LogP contribution is 2.18. The first kappa shape index (κ1) is 18.1. The summed E-state index contributed by atoms with van der Waals surface area (Å²) in [5, 5.41) is 2.78. The molecular weight excluding hydrogens is 352 g/mol. The number of imidazole rings is 1. The lowest BCUT2D eigenvalue weighted by Crippen LogP contribution is -2.12. The fraction of sp³-hybridized carbons (Fsp3) is 0.278. The van der Waals surface area contributed by atoms with Gasteiger partial charge in [-0.1, -0.05) is 12.1 Å². The van der Waals surface area contributed by atoms with Gasteiger partial charge >= 0.3 is 0 Å². The standard InChI is InChI=1S/C18H20N4O3S/c1-12(2)22-11-20-16-8-14(9-19-17(16)22)18(23)21-15-6-4-13(5-7-15)10-26(3,24)25/h4-9,11-12H,10H2,1-3H3,(H,21,23). The number of benzene rings is 1. The Morgan fingerprint density at radius 2 is 1.88 bits per heavy atom. The Morgan fingerprint density at radius 1 is 1.19 bits per heavy atom. The summed E-state index contributed by atoms with van der Waals surface area (Å²) >= 11 is 0. The molecule has 0 aliphatic rings. The van der Waals surface area contributed by atoms with Gasteiger partial charge in [0.05, 0.1) is 17.6 Å². The second-order valence-corrected chi connectivity index (χ2v) is 8.67. The number of aromatic nitrogens is 3. The van der Waals surface area contributed by atoms with Crippen LogP contribution in [0.2, 0.25) is 0 Å². The van der Waals surface area contributed by atoms with Crippen LogP contribution >= 0.6 is 0 Å². The molecule has 0 fully saturated rings. The molecule has 0 radical (unpaired) electrons. The van der Waals surface area contributed by atoms with Crippen molar-refractivity contribution in [1.82, 2.24) is 14.5 Å². The van der Waals surface area contributed by atoms with Gasteiger partial charge < -0.3 is 9.88 Å². The maximum atomic E-state index is 12.4. The van der Waals surface area contributed by atoms with Crippen LogP contribution in [0.15, 0.2) is 42.9 Å². The highest BCUT2D eigenvalue weighted by Gasteiger charge is 2.12. The lowest BCUT2D eigenvalue weighted by Gasteiger charge is -2.08. The van der Waals surface area contributed by atoms with Crippen LogP contribution in [-0.4, -0.2) is 35.1 Å². The third kappa shape index (κ3) is 4.08. The van der Waals surface area contributed by atoms with Crippen LogP contribution in [0.5, 0.6) is 0 Å². The molecule has 136 valence electrons. The van der Waals surface area contributed by atoms with E-state index in [1.807, 2.05) is 18.4 Å². The van der Waals surface area contributed by atoms with Crippen molar-refractivity contribution in [2.45, 2.75) is 25.6 Å². The Kier molecular flexibility index (Phi) is 4.78. The van der Waals surface area contributed by atoms with E-state index in [-0.39, 0.29) is 17.7 Å². The van der Waals surface area contributed by atoms with Crippen molar-refractivity contribution in [3.63, 3.8) is 0 Å². The van der Waals surface area contributed by atoms with Crippen molar-refractivity contribution in [3.05, 3.63) is 54.0 Å². The van der Waals surface area contributed by atoms with E-state index in [9.17, 15) is 13.2 Å². The van der Waals surface area contributed by atoms with E-state index in [1.165, 1.54) is 12.5 Å². The van der Waals surface area contributed by atoms with Crippen LogP contribution in [0.1, 0.15) is 35.8 Å². The SMILES string of the molecule is CC(C)n1cnc2cc(C(=O)Nc3ccc(CS(C)(=O)=O)cc3)cnc21. The molecule has 8 heteroatoms. The van der Waals surface area contributed by atoms with E-state index in [1.54, 1.807) is 36.7 Å². The zero-order valence-electron chi connectivity index (χ0n) is 14.8. The second-order valence-electron chi connectivity index (χ2n) is 6.53. The third-order valence-corrected chi connectivity index (χ3v) is 4.73. The summed E-state index contributed by atoms with van der Waals surface area (Å²) in [5.41, 5.74) is 3.07. The second kappa shape index (κ2) is 6.87. The molecule has 0 bridgehead atoms. The van der Waals surface area contributed by atoms with Gasteiger partial charge in [0.25, 0.3) is 5.91 Å². The number of amides is 1. The fourth-order valence-corrected chi connectivity index (χ4v) is 3.41. The molecule has 1 aromatic carbocycles. The molecule has 7 nitrogen and oxygen atoms in total. The highest BCUT2D eigenvalue weighted by molar-refractivity contribution is 7.89. The van der Waals surface area contributed by atoms with Gasteiger partial charge in [0, 0.05) is 24.2 Å². The van der Waals surface area contributed by atoms with Crippen molar-refractivity contribution in [3.8, 4) is 0 Å². The number of anilines is 1. The highest BCUT2D eigenvalue weighted by atomic mass is 32.2. The summed E-state index contributed by atoms with van der Waals surface area (Å²) in [6.07, 6.45) is 4.42. The van der Waals surface area contributed by atoms with Gasteiger partial charge in [0.1, 0.15) is 5.52 Å². The Labute approximate surface area is 152 Å². The average Bonchev–Trinajstić information content (AvgIpc) is 2.98. The van der Waals surface area contributed by atoms with E-state index in [2.05, 4.69) is 15.3 Å². The van der Waals surface area contributed by atoms with Gasteiger partial charge in [0.15, 0.2) is 15.5 Å². The molecule has 1 N–H and O–H groups in total. The molecule has 2 aromatic heterocycles. The molecule has 0 spiro atoms. The van der Waals surface area contributed by atoms with Gasteiger partial charge in [-0.2, -0.15) is 0 Å². The van der Waals surface area contributed by atoms with Crippen molar-refractivity contribution < 1.29 is 13.2 Å². The van der Waals surface area contributed by atoms with Crippen LogP contribution in [-0.2, 0) is 15.6 Å². The van der Waals surface area contributed by atoms with Crippen molar-refractivity contribution in [2.75, 3.05) is 11.6 Å². The minimum absolute atomic E-state index is 0.0275. The zero-order valence-corrected chi connectivity index (χ0v) is 15.6. The topological polar surface area (TPSA) is 94.0 Å². The lowest BCUT2D eigenvalue weighted by atomic mass is 10.2. The number of nitrogens with zero attached hydrogens (tertiary/aromatic N) is 3. The summed E-state index contributed by atoms with van der Waals surface area (Å²) in [6, 6.07) is 8.66. The third-order valence-electron chi connectivity index (χ3n) is 3.87. The first-order valence-corrected chi connectivity index (χ1v) is 10.2. The molecule has 0 unspecified atom stereocenters. The van der Waals surface area contributed by atoms with Gasteiger partial charge in [-0.25, -0.2) is 18.4 Å². The van der Waals surface area contributed by atoms with E-state index in [0.717, 1.165) is 5.65 Å². The fourth-order valence-electron chi connectivity index (χ4n) is 2.61. The summed E-state index contributed by atoms with van der Waals surface area (Å²) in [7, 11) is -3.09. The first-order chi connectivity index (χ1) is 12.2. The normalized spacial score (nSPS) is 11.8. The number of hydrogen-bond donors (Lipinski definition) is 1. The molecule has 3 rings (SSSR count). The van der Waals surface area contributed by atoms with Crippen molar-refractivity contribution in [2.24, 2.45) is 0 Å². The monoisotopic (exact) mass is 372 g/mol. The van der Waals surface area contributed by atoms with E-state index in [4.69, 9.17) is 0 Å². The number of carbonyl (C=O) groups is 1. The number of hydrogen-bond acceptors (Lipinski definition) is 5. The Hall–Kier alpha value is -2.74. The number of fused-ring (bicyclic) bond motifs is 1. The summed E-state index contributed by atoms with van der Waals surface area (Å²) < 4.78 is 24.6. The molecule has 26 heavy (non-hydrogen) atoms. The van der Waals surface area contributed by atoms with E-state index >= 15 is 0 Å². The number of rotatable bonds is 5. The van der Waals surface area contributed by atoms with Crippen molar-refractivity contribution in [1.29, 1.82) is 0 Å². The summed E-state index contributed by atoms with van der Waals surface area (Å²) in [5.74, 6) is -0.324. The number of carbonyl (C=O) groups excluding carboxylic acids is 1. The molecule has 1 amide bonds. The van der Waals surface area contributed by atoms with Crippen LogP contribution in [0.4, 0.5) is 5.69 Å². The summed E-state index contributed by atoms with van der Waals surface area (Å²) in [6.45, 7) is 4.08. The molecule has 0 aliphatic carbocycles. The quantitative estimate of drug-likeness (QED) is 0.743. The molecule has 3 aromatic rings. The predicted molar refractivity (Wildman–Crippen MR) is 101 cm³/mol. The Morgan fingerprint density at radius 3 is 2.50 bits per heavy atom. The van der Waals surface area contributed by atoms with Gasteiger partial charge in [0.2, 0.25) is 0 Å². The van der Waals surface area contributed by atoms with Crippen LogP contribution in [0, 0.1) is 0 Å². The number of nitrogens with one attached hydrogen (secondary N) is 1. The maximum Gasteiger partial charge on any atom is 0.257 e. The predicted octanol–water partition coefficient (Wildman–Crippen LogP) is 2.81. The number of sulfone groups is 1.